The minimum absolute atomic E-state index is 0.466. The molecule has 3 heteroatoms. The highest BCUT2D eigenvalue weighted by Gasteiger charge is 2.08. The molecule has 0 saturated carbocycles. The van der Waals surface area contributed by atoms with Crippen molar-refractivity contribution in [3.63, 3.8) is 0 Å². The second-order valence-electron chi connectivity index (χ2n) is 4.81. The average molecular weight is 289 g/mol. The third-order valence-electron chi connectivity index (χ3n) is 2.99. The number of benzene rings is 1. The Hall–Kier alpha value is -0.930. The lowest BCUT2D eigenvalue weighted by atomic mass is 10.0. The zero-order chi connectivity index (χ0) is 13.7. The van der Waals surface area contributed by atoms with E-state index in [1.165, 1.54) is 11.1 Å². The number of rotatable bonds is 5. The lowest BCUT2D eigenvalue weighted by Gasteiger charge is -2.12. The summed E-state index contributed by atoms with van der Waals surface area (Å²) in [6.45, 7) is 6.69. The Kier molecular flexibility index (Phi) is 5.34. The molecule has 0 saturated heterocycles. The van der Waals surface area contributed by atoms with Crippen LogP contribution in [0.4, 0.5) is 0 Å². The van der Waals surface area contributed by atoms with Gasteiger partial charge in [0, 0.05) is 11.4 Å². The Morgan fingerprint density at radius 3 is 2.16 bits per heavy atom. The SMILES string of the molecule is CC(C)c1ccc(C(C)SSc2ccccn2)cc1. The topological polar surface area (TPSA) is 12.9 Å². The van der Waals surface area contributed by atoms with Gasteiger partial charge in [0.05, 0.1) is 0 Å². The molecule has 0 N–H and O–H groups in total. The monoisotopic (exact) mass is 289 g/mol. The first kappa shape index (κ1) is 14.5. The van der Waals surface area contributed by atoms with Crippen LogP contribution < -0.4 is 0 Å². The lowest BCUT2D eigenvalue weighted by Crippen LogP contribution is -1.90. The van der Waals surface area contributed by atoms with E-state index in [2.05, 4.69) is 50.0 Å². The first-order chi connectivity index (χ1) is 9.16. The van der Waals surface area contributed by atoms with Gasteiger partial charge in [0.25, 0.3) is 0 Å². The van der Waals surface area contributed by atoms with Gasteiger partial charge in [-0.3, -0.25) is 0 Å². The van der Waals surface area contributed by atoms with Gasteiger partial charge in [-0.1, -0.05) is 55.0 Å². The zero-order valence-electron chi connectivity index (χ0n) is 11.5. The summed E-state index contributed by atoms with van der Waals surface area (Å²) in [7, 11) is 3.59. The smallest absolute Gasteiger partial charge is 0.106 e. The summed E-state index contributed by atoms with van der Waals surface area (Å²) in [5.74, 6) is 0.597. The molecule has 0 aliphatic rings. The second kappa shape index (κ2) is 7.01. The van der Waals surface area contributed by atoms with Crippen LogP contribution in [0.5, 0.6) is 0 Å². The minimum atomic E-state index is 0.466. The van der Waals surface area contributed by atoms with Crippen molar-refractivity contribution in [3.05, 3.63) is 59.8 Å². The number of hydrogen-bond acceptors (Lipinski definition) is 3. The number of hydrogen-bond donors (Lipinski definition) is 0. The molecule has 100 valence electrons. The maximum absolute atomic E-state index is 4.32. The van der Waals surface area contributed by atoms with E-state index >= 15 is 0 Å². The molecule has 19 heavy (non-hydrogen) atoms. The quantitative estimate of drug-likeness (QED) is 0.655. The predicted octanol–water partition coefficient (Wildman–Crippen LogP) is 5.71. The summed E-state index contributed by atoms with van der Waals surface area (Å²) in [5, 5.41) is 1.53. The molecular weight excluding hydrogens is 270 g/mol. The van der Waals surface area contributed by atoms with Crippen molar-refractivity contribution in [2.45, 2.75) is 37.0 Å². The predicted molar refractivity (Wildman–Crippen MR) is 86.6 cm³/mol. The van der Waals surface area contributed by atoms with Crippen LogP contribution in [0.1, 0.15) is 43.1 Å². The van der Waals surface area contributed by atoms with E-state index in [1.807, 2.05) is 35.2 Å². The molecule has 1 aromatic heterocycles. The van der Waals surface area contributed by atoms with Crippen LogP contribution in [-0.4, -0.2) is 4.98 Å². The molecule has 0 aliphatic carbocycles. The second-order valence-corrected chi connectivity index (χ2v) is 7.37. The Balaban J connectivity index is 1.94. The maximum Gasteiger partial charge on any atom is 0.106 e. The molecule has 0 amide bonds. The summed E-state index contributed by atoms with van der Waals surface area (Å²) in [5.41, 5.74) is 2.77. The van der Waals surface area contributed by atoms with E-state index < -0.39 is 0 Å². The average Bonchev–Trinajstić information content (AvgIpc) is 2.46. The van der Waals surface area contributed by atoms with E-state index in [1.54, 1.807) is 10.8 Å². The highest BCUT2D eigenvalue weighted by atomic mass is 33.1. The largest absolute Gasteiger partial charge is 0.249 e. The number of nitrogens with zero attached hydrogens (tertiary/aromatic N) is 1. The van der Waals surface area contributed by atoms with Crippen molar-refractivity contribution in [1.29, 1.82) is 0 Å². The summed E-state index contributed by atoms with van der Waals surface area (Å²) in [6.07, 6.45) is 1.84. The Morgan fingerprint density at radius 2 is 1.58 bits per heavy atom. The Bertz CT molecular complexity index is 494. The molecule has 0 fully saturated rings. The molecule has 1 nitrogen and oxygen atoms in total. The van der Waals surface area contributed by atoms with E-state index in [4.69, 9.17) is 0 Å². The van der Waals surface area contributed by atoms with Gasteiger partial charge < -0.3 is 0 Å². The summed E-state index contributed by atoms with van der Waals surface area (Å²) < 4.78 is 0. The van der Waals surface area contributed by atoms with Crippen molar-refractivity contribution in [2.24, 2.45) is 0 Å². The van der Waals surface area contributed by atoms with Crippen LogP contribution in [0.2, 0.25) is 0 Å². The van der Waals surface area contributed by atoms with Crippen molar-refractivity contribution < 1.29 is 0 Å². The van der Waals surface area contributed by atoms with Gasteiger partial charge in [-0.25, -0.2) is 4.98 Å². The zero-order valence-corrected chi connectivity index (χ0v) is 13.2. The van der Waals surface area contributed by atoms with Crippen LogP contribution in [0.3, 0.4) is 0 Å². The Morgan fingerprint density at radius 1 is 0.895 bits per heavy atom. The lowest BCUT2D eigenvalue weighted by molar-refractivity contribution is 0.864. The summed E-state index contributed by atoms with van der Waals surface area (Å²) >= 11 is 0. The van der Waals surface area contributed by atoms with Crippen LogP contribution in [-0.2, 0) is 0 Å². The molecule has 1 heterocycles. The Labute approximate surface area is 123 Å². The van der Waals surface area contributed by atoms with E-state index in [-0.39, 0.29) is 0 Å². The summed E-state index contributed by atoms with van der Waals surface area (Å²) in [6, 6.07) is 15.0. The first-order valence-electron chi connectivity index (χ1n) is 6.51. The van der Waals surface area contributed by atoms with Crippen LogP contribution in [0, 0.1) is 0 Å². The van der Waals surface area contributed by atoms with Crippen LogP contribution in [0.25, 0.3) is 0 Å². The van der Waals surface area contributed by atoms with Gasteiger partial charge in [-0.2, -0.15) is 0 Å². The van der Waals surface area contributed by atoms with Gasteiger partial charge in [0.15, 0.2) is 0 Å². The standard InChI is InChI=1S/C16H19NS2/c1-12(2)14-7-9-15(10-8-14)13(3)18-19-16-6-4-5-11-17-16/h4-13H,1-3H3. The summed E-state index contributed by atoms with van der Waals surface area (Å²) in [4.78, 5) is 4.32. The fourth-order valence-electron chi connectivity index (χ4n) is 1.73. The molecular formula is C16H19NS2. The van der Waals surface area contributed by atoms with Gasteiger partial charge in [-0.15, -0.1) is 0 Å². The molecule has 1 aromatic carbocycles. The van der Waals surface area contributed by atoms with Crippen molar-refractivity contribution in [2.75, 3.05) is 0 Å². The van der Waals surface area contributed by atoms with Crippen molar-refractivity contribution in [1.82, 2.24) is 4.98 Å². The third kappa shape index (κ3) is 4.29. The van der Waals surface area contributed by atoms with E-state index in [0.29, 0.717) is 11.2 Å². The highest BCUT2D eigenvalue weighted by Crippen LogP contribution is 2.41. The molecule has 1 atom stereocenters. The van der Waals surface area contributed by atoms with Gasteiger partial charge in [0.1, 0.15) is 5.03 Å². The minimum Gasteiger partial charge on any atom is -0.249 e. The van der Waals surface area contributed by atoms with Crippen molar-refractivity contribution in [3.8, 4) is 0 Å². The molecule has 0 aliphatic heterocycles. The van der Waals surface area contributed by atoms with Gasteiger partial charge >= 0.3 is 0 Å². The highest BCUT2D eigenvalue weighted by molar-refractivity contribution is 8.76. The van der Waals surface area contributed by atoms with Crippen molar-refractivity contribution >= 4 is 21.6 Å². The molecule has 2 rings (SSSR count). The molecule has 0 radical (unpaired) electrons. The fourth-order valence-corrected chi connectivity index (χ4v) is 3.83. The number of aromatic nitrogens is 1. The van der Waals surface area contributed by atoms with E-state index in [0.717, 1.165) is 5.03 Å². The van der Waals surface area contributed by atoms with Crippen LogP contribution >= 0.6 is 21.6 Å². The van der Waals surface area contributed by atoms with E-state index in [9.17, 15) is 0 Å². The third-order valence-corrected chi connectivity index (χ3v) is 5.72. The molecule has 0 bridgehead atoms. The maximum atomic E-state index is 4.32. The van der Waals surface area contributed by atoms with Gasteiger partial charge in [0.2, 0.25) is 0 Å². The first-order valence-corrected chi connectivity index (χ1v) is 8.72. The van der Waals surface area contributed by atoms with Crippen LogP contribution in [0.15, 0.2) is 53.7 Å². The van der Waals surface area contributed by atoms with Gasteiger partial charge in [-0.05, 0) is 46.9 Å². The fraction of sp³-hybridized carbons (Fsp3) is 0.312. The molecule has 2 aromatic rings. The normalized spacial score (nSPS) is 12.6. The number of pyridine rings is 1. The molecule has 0 spiro atoms. The molecule has 1 unspecified atom stereocenters.